The van der Waals surface area contributed by atoms with Crippen LogP contribution in [0.3, 0.4) is 0 Å². The Bertz CT molecular complexity index is 1070. The zero-order chi connectivity index (χ0) is 18.7. The van der Waals surface area contributed by atoms with Crippen molar-refractivity contribution in [1.29, 1.82) is 5.26 Å². The van der Waals surface area contributed by atoms with Crippen molar-refractivity contribution in [1.82, 2.24) is 4.57 Å². The summed E-state index contributed by atoms with van der Waals surface area (Å²) in [6.45, 7) is 3.56. The molecule has 3 aromatic rings. The van der Waals surface area contributed by atoms with Gasteiger partial charge in [0.25, 0.3) is 5.56 Å². The van der Waals surface area contributed by atoms with Gasteiger partial charge in [-0.1, -0.05) is 35.9 Å². The Morgan fingerprint density at radius 3 is 2.35 bits per heavy atom. The van der Waals surface area contributed by atoms with Crippen LogP contribution in [0.25, 0.3) is 5.69 Å². The van der Waals surface area contributed by atoms with Gasteiger partial charge in [0.15, 0.2) is 0 Å². The molecule has 0 unspecified atom stereocenters. The molecule has 0 atom stereocenters. The van der Waals surface area contributed by atoms with Gasteiger partial charge in [0.2, 0.25) is 5.88 Å². The number of hydrogen-bond donors (Lipinski definition) is 1. The van der Waals surface area contributed by atoms with Gasteiger partial charge < -0.3 is 5.11 Å². The number of para-hydroxylation sites is 1. The highest BCUT2D eigenvalue weighted by Crippen LogP contribution is 2.24. The fourth-order valence-electron chi connectivity index (χ4n) is 2.66. The molecule has 0 aliphatic heterocycles. The molecule has 1 aromatic heterocycles. The first-order valence-electron chi connectivity index (χ1n) is 8.07. The molecule has 128 valence electrons. The molecule has 3 rings (SSSR count). The Kier molecular flexibility index (Phi) is 4.68. The lowest BCUT2D eigenvalue weighted by molar-refractivity contribution is 0.433. The van der Waals surface area contributed by atoms with Crippen LogP contribution in [0.4, 0.5) is 5.69 Å². The number of aromatic hydroxyl groups is 1. The maximum atomic E-state index is 12.7. The molecule has 0 fully saturated rings. The van der Waals surface area contributed by atoms with E-state index in [1.54, 1.807) is 19.1 Å². The molecule has 0 radical (unpaired) electrons. The van der Waals surface area contributed by atoms with Gasteiger partial charge in [0.05, 0.1) is 16.9 Å². The summed E-state index contributed by atoms with van der Waals surface area (Å²) in [4.78, 5) is 17.0. The highest BCUT2D eigenvalue weighted by Gasteiger charge is 2.19. The Morgan fingerprint density at radius 2 is 1.73 bits per heavy atom. The summed E-state index contributed by atoms with van der Waals surface area (Å²) in [6, 6.07) is 18.3. The molecule has 26 heavy (non-hydrogen) atoms. The van der Waals surface area contributed by atoms with E-state index in [1.165, 1.54) is 6.21 Å². The van der Waals surface area contributed by atoms with E-state index in [1.807, 2.05) is 55.5 Å². The number of aliphatic imine (C=N–C) groups is 1. The van der Waals surface area contributed by atoms with Crippen molar-refractivity contribution in [2.75, 3.05) is 0 Å². The van der Waals surface area contributed by atoms with Crippen LogP contribution in [0.5, 0.6) is 5.88 Å². The highest BCUT2D eigenvalue weighted by atomic mass is 16.3. The molecule has 1 heterocycles. The van der Waals surface area contributed by atoms with Gasteiger partial charge >= 0.3 is 0 Å². The summed E-state index contributed by atoms with van der Waals surface area (Å²) in [5.74, 6) is -0.241. The Balaban J connectivity index is 2.24. The van der Waals surface area contributed by atoms with E-state index in [-0.39, 0.29) is 11.4 Å². The first-order chi connectivity index (χ1) is 12.5. The molecule has 5 heteroatoms. The largest absolute Gasteiger partial charge is 0.494 e. The molecule has 0 amide bonds. The monoisotopic (exact) mass is 343 g/mol. The minimum Gasteiger partial charge on any atom is -0.494 e. The number of pyridine rings is 1. The molecule has 2 aromatic carbocycles. The minimum absolute atomic E-state index is 0.0158. The van der Waals surface area contributed by atoms with E-state index in [4.69, 9.17) is 0 Å². The van der Waals surface area contributed by atoms with Crippen molar-refractivity contribution in [3.8, 4) is 17.6 Å². The van der Waals surface area contributed by atoms with Gasteiger partial charge in [-0.3, -0.25) is 9.79 Å². The average Bonchev–Trinajstić information content (AvgIpc) is 2.64. The van der Waals surface area contributed by atoms with Crippen molar-refractivity contribution < 1.29 is 5.11 Å². The summed E-state index contributed by atoms with van der Waals surface area (Å²) >= 11 is 0. The number of rotatable bonds is 3. The Labute approximate surface area is 151 Å². The van der Waals surface area contributed by atoms with E-state index in [2.05, 4.69) is 4.99 Å². The zero-order valence-corrected chi connectivity index (χ0v) is 14.5. The third-order valence-electron chi connectivity index (χ3n) is 4.15. The molecular formula is C21H17N3O2. The van der Waals surface area contributed by atoms with E-state index < -0.39 is 5.56 Å². The predicted octanol–water partition coefficient (Wildman–Crippen LogP) is 3.78. The quantitative estimate of drug-likeness (QED) is 0.735. The van der Waals surface area contributed by atoms with Gasteiger partial charge in [-0.25, -0.2) is 4.57 Å². The lowest BCUT2D eigenvalue weighted by atomic mass is 10.1. The molecule has 1 N–H and O–H groups in total. The molecule has 0 bridgehead atoms. The Morgan fingerprint density at radius 1 is 1.08 bits per heavy atom. The van der Waals surface area contributed by atoms with Gasteiger partial charge in [-0.2, -0.15) is 5.26 Å². The summed E-state index contributed by atoms with van der Waals surface area (Å²) in [5, 5.41) is 20.2. The second kappa shape index (κ2) is 7.08. The van der Waals surface area contributed by atoms with Crippen LogP contribution in [-0.4, -0.2) is 15.9 Å². The standard InChI is InChI=1S/C21H17N3O2/c1-14-8-10-17(11-9-14)24-20(25)18(12-22)15(2)19(21(24)26)13-23-16-6-4-3-5-7-16/h3-11,13,26H,1-2H3. The highest BCUT2D eigenvalue weighted by molar-refractivity contribution is 5.87. The summed E-state index contributed by atoms with van der Waals surface area (Å²) in [7, 11) is 0. The van der Waals surface area contributed by atoms with Crippen LogP contribution in [0.2, 0.25) is 0 Å². The SMILES string of the molecule is Cc1ccc(-n2c(O)c(C=Nc3ccccc3)c(C)c(C#N)c2=O)cc1. The van der Waals surface area contributed by atoms with Crippen LogP contribution in [0, 0.1) is 25.2 Å². The second-order valence-electron chi connectivity index (χ2n) is 5.92. The first kappa shape index (κ1) is 17.2. The summed E-state index contributed by atoms with van der Waals surface area (Å²) in [5.41, 5.74) is 2.39. The summed E-state index contributed by atoms with van der Waals surface area (Å²) < 4.78 is 1.14. The van der Waals surface area contributed by atoms with Crippen LogP contribution in [0.1, 0.15) is 22.3 Å². The normalized spacial score (nSPS) is 10.8. The van der Waals surface area contributed by atoms with Crippen molar-refractivity contribution in [3.63, 3.8) is 0 Å². The van der Waals surface area contributed by atoms with Crippen molar-refractivity contribution in [2.24, 2.45) is 4.99 Å². The maximum absolute atomic E-state index is 12.7. The van der Waals surface area contributed by atoms with Crippen molar-refractivity contribution in [3.05, 3.63) is 87.2 Å². The van der Waals surface area contributed by atoms with Crippen LogP contribution < -0.4 is 5.56 Å². The van der Waals surface area contributed by atoms with Crippen LogP contribution in [0.15, 0.2) is 64.4 Å². The average molecular weight is 343 g/mol. The fourth-order valence-corrected chi connectivity index (χ4v) is 2.66. The molecule has 0 saturated heterocycles. The number of benzene rings is 2. The number of nitrogens with zero attached hydrogens (tertiary/aromatic N) is 3. The molecule has 0 spiro atoms. The first-order valence-corrected chi connectivity index (χ1v) is 8.07. The smallest absolute Gasteiger partial charge is 0.276 e. The predicted molar refractivity (Wildman–Crippen MR) is 102 cm³/mol. The zero-order valence-electron chi connectivity index (χ0n) is 14.5. The topological polar surface area (TPSA) is 78.4 Å². The minimum atomic E-state index is -0.553. The number of aromatic nitrogens is 1. The van der Waals surface area contributed by atoms with Gasteiger partial charge in [-0.05, 0) is 43.7 Å². The Hall–Kier alpha value is -3.65. The lowest BCUT2D eigenvalue weighted by Crippen LogP contribution is -2.24. The third kappa shape index (κ3) is 3.13. The van der Waals surface area contributed by atoms with E-state index in [0.29, 0.717) is 22.5 Å². The van der Waals surface area contributed by atoms with Crippen LogP contribution in [-0.2, 0) is 0 Å². The second-order valence-corrected chi connectivity index (χ2v) is 5.92. The van der Waals surface area contributed by atoms with Crippen LogP contribution >= 0.6 is 0 Å². The molecule has 5 nitrogen and oxygen atoms in total. The molecule has 0 aliphatic carbocycles. The number of nitriles is 1. The van der Waals surface area contributed by atoms with Crippen molar-refractivity contribution in [2.45, 2.75) is 13.8 Å². The number of aryl methyl sites for hydroxylation is 1. The van der Waals surface area contributed by atoms with Gasteiger partial charge in [0.1, 0.15) is 11.6 Å². The number of hydrogen-bond acceptors (Lipinski definition) is 4. The van der Waals surface area contributed by atoms with E-state index in [0.717, 1.165) is 10.1 Å². The maximum Gasteiger partial charge on any atom is 0.276 e. The molecule has 0 saturated carbocycles. The lowest BCUT2D eigenvalue weighted by Gasteiger charge is -2.14. The van der Waals surface area contributed by atoms with Gasteiger partial charge in [0, 0.05) is 6.21 Å². The fraction of sp³-hybridized carbons (Fsp3) is 0.0952. The van der Waals surface area contributed by atoms with E-state index in [9.17, 15) is 15.2 Å². The molecule has 0 aliphatic rings. The summed E-state index contributed by atoms with van der Waals surface area (Å²) in [6.07, 6.45) is 1.48. The van der Waals surface area contributed by atoms with E-state index >= 15 is 0 Å². The van der Waals surface area contributed by atoms with Gasteiger partial charge in [-0.15, -0.1) is 0 Å². The van der Waals surface area contributed by atoms with Crippen molar-refractivity contribution >= 4 is 11.9 Å². The third-order valence-corrected chi connectivity index (χ3v) is 4.15. The molecular weight excluding hydrogens is 326 g/mol.